The third-order valence-electron chi connectivity index (χ3n) is 3.44. The molecule has 1 aromatic carbocycles. The van der Waals surface area contributed by atoms with E-state index < -0.39 is 6.09 Å². The summed E-state index contributed by atoms with van der Waals surface area (Å²) in [6, 6.07) is 8.46. The van der Waals surface area contributed by atoms with E-state index in [0.717, 1.165) is 37.1 Å². The lowest BCUT2D eigenvalue weighted by atomic mass is 9.91. The Morgan fingerprint density at radius 1 is 1.26 bits per heavy atom. The fourth-order valence-corrected chi connectivity index (χ4v) is 2.35. The number of nitrogens with two attached hydrogens (primary N) is 1. The lowest BCUT2D eigenvalue weighted by Crippen LogP contribution is -2.32. The van der Waals surface area contributed by atoms with Crippen LogP contribution in [0.5, 0.6) is 0 Å². The van der Waals surface area contributed by atoms with Gasteiger partial charge in [0.25, 0.3) is 0 Å². The highest BCUT2D eigenvalue weighted by molar-refractivity contribution is 5.85. The Labute approximate surface area is 113 Å². The van der Waals surface area contributed by atoms with Crippen LogP contribution in [-0.2, 0) is 4.74 Å². The van der Waals surface area contributed by atoms with Crippen LogP contribution in [0.3, 0.4) is 0 Å². The van der Waals surface area contributed by atoms with E-state index in [0.29, 0.717) is 12.1 Å². The van der Waals surface area contributed by atoms with Crippen molar-refractivity contribution >= 4 is 17.5 Å². The number of carbonyl (C=O) groups is 1. The number of benzene rings is 1. The Bertz CT molecular complexity index is 428. The third-order valence-corrected chi connectivity index (χ3v) is 3.44. The predicted octanol–water partition coefficient (Wildman–Crippen LogP) is 2.55. The lowest BCUT2D eigenvalue weighted by molar-refractivity contribution is 0.187. The van der Waals surface area contributed by atoms with Crippen LogP contribution in [-0.4, -0.2) is 25.3 Å². The zero-order valence-corrected chi connectivity index (χ0v) is 11.2. The Hall–Kier alpha value is -1.75. The molecule has 0 aromatic heterocycles. The molecule has 1 aliphatic carbocycles. The van der Waals surface area contributed by atoms with E-state index in [1.165, 1.54) is 7.11 Å². The molecule has 0 spiro atoms. The number of anilines is 2. The van der Waals surface area contributed by atoms with Crippen LogP contribution in [0.2, 0.25) is 0 Å². The highest BCUT2D eigenvalue weighted by atomic mass is 16.5. The van der Waals surface area contributed by atoms with Gasteiger partial charge in [-0.15, -0.1) is 0 Å². The molecule has 0 aliphatic heterocycles. The van der Waals surface area contributed by atoms with Crippen molar-refractivity contribution in [2.24, 2.45) is 5.73 Å². The first kappa shape index (κ1) is 13.7. The van der Waals surface area contributed by atoms with Gasteiger partial charge in [0, 0.05) is 23.5 Å². The number of carbonyl (C=O) groups excluding carboxylic acids is 1. The van der Waals surface area contributed by atoms with Gasteiger partial charge in [0.2, 0.25) is 0 Å². The monoisotopic (exact) mass is 263 g/mol. The average molecular weight is 263 g/mol. The van der Waals surface area contributed by atoms with Crippen molar-refractivity contribution in [2.45, 2.75) is 37.8 Å². The van der Waals surface area contributed by atoms with Gasteiger partial charge >= 0.3 is 6.09 Å². The average Bonchev–Trinajstić information content (AvgIpc) is 2.42. The molecule has 5 nitrogen and oxygen atoms in total. The first-order chi connectivity index (χ1) is 9.17. The first-order valence-electron chi connectivity index (χ1n) is 6.64. The lowest BCUT2D eigenvalue weighted by Gasteiger charge is -2.27. The van der Waals surface area contributed by atoms with E-state index in [1.807, 2.05) is 24.3 Å². The van der Waals surface area contributed by atoms with Crippen LogP contribution < -0.4 is 16.4 Å². The summed E-state index contributed by atoms with van der Waals surface area (Å²) in [7, 11) is 1.35. The summed E-state index contributed by atoms with van der Waals surface area (Å²) in [5.74, 6) is 0. The molecule has 0 bridgehead atoms. The maximum Gasteiger partial charge on any atom is 0.411 e. The van der Waals surface area contributed by atoms with Gasteiger partial charge in [-0.1, -0.05) is 6.07 Å². The van der Waals surface area contributed by atoms with Crippen molar-refractivity contribution in [1.82, 2.24) is 0 Å². The van der Waals surface area contributed by atoms with Gasteiger partial charge in [-0.2, -0.15) is 0 Å². The first-order valence-corrected chi connectivity index (χ1v) is 6.64. The second-order valence-electron chi connectivity index (χ2n) is 4.95. The van der Waals surface area contributed by atoms with Crippen molar-refractivity contribution < 1.29 is 9.53 Å². The minimum Gasteiger partial charge on any atom is -0.453 e. The molecule has 1 saturated carbocycles. The highest BCUT2D eigenvalue weighted by Gasteiger charge is 2.18. The summed E-state index contributed by atoms with van der Waals surface area (Å²) in [6.45, 7) is 0. The van der Waals surface area contributed by atoms with Crippen LogP contribution in [0.15, 0.2) is 24.3 Å². The number of rotatable bonds is 3. The normalized spacial score (nSPS) is 22.6. The molecule has 1 amide bonds. The fraction of sp³-hybridized carbons (Fsp3) is 0.500. The molecule has 5 heteroatoms. The molecule has 0 unspecified atom stereocenters. The van der Waals surface area contributed by atoms with Crippen LogP contribution in [0, 0.1) is 0 Å². The van der Waals surface area contributed by atoms with Gasteiger partial charge in [-0.05, 0) is 43.9 Å². The second kappa shape index (κ2) is 6.43. The maximum absolute atomic E-state index is 11.2. The molecule has 4 N–H and O–H groups in total. The van der Waals surface area contributed by atoms with Crippen LogP contribution in [0.1, 0.15) is 25.7 Å². The van der Waals surface area contributed by atoms with Crippen molar-refractivity contribution in [3.8, 4) is 0 Å². The molecular weight excluding hydrogens is 242 g/mol. The molecule has 1 aromatic rings. The number of hydrogen-bond acceptors (Lipinski definition) is 4. The smallest absolute Gasteiger partial charge is 0.411 e. The van der Waals surface area contributed by atoms with E-state index in [2.05, 4.69) is 15.4 Å². The summed E-state index contributed by atoms with van der Waals surface area (Å²) >= 11 is 0. The predicted molar refractivity (Wildman–Crippen MR) is 76.3 cm³/mol. The topological polar surface area (TPSA) is 76.4 Å². The van der Waals surface area contributed by atoms with Crippen molar-refractivity contribution in [3.63, 3.8) is 0 Å². The summed E-state index contributed by atoms with van der Waals surface area (Å²) in [5.41, 5.74) is 7.63. The molecule has 2 rings (SSSR count). The van der Waals surface area contributed by atoms with Gasteiger partial charge in [-0.25, -0.2) is 4.79 Å². The quantitative estimate of drug-likeness (QED) is 0.783. The minimum absolute atomic E-state index is 0.352. The molecule has 1 fully saturated rings. The summed E-state index contributed by atoms with van der Waals surface area (Å²) < 4.78 is 4.57. The van der Waals surface area contributed by atoms with Crippen molar-refractivity contribution in [2.75, 3.05) is 17.7 Å². The molecule has 0 heterocycles. The molecule has 0 radical (unpaired) electrons. The molecule has 1 aliphatic rings. The number of amides is 1. The standard InChI is InChI=1S/C14H21N3O2/c1-19-14(18)17-13-4-2-3-12(9-13)16-11-7-5-10(15)6-8-11/h2-4,9-11,16H,5-8,15H2,1H3,(H,17,18). The van der Waals surface area contributed by atoms with Gasteiger partial charge in [0.15, 0.2) is 0 Å². The van der Waals surface area contributed by atoms with Gasteiger partial charge in [0.1, 0.15) is 0 Å². The van der Waals surface area contributed by atoms with E-state index in [1.54, 1.807) is 0 Å². The molecule has 0 atom stereocenters. The Morgan fingerprint density at radius 2 is 1.95 bits per heavy atom. The van der Waals surface area contributed by atoms with Gasteiger partial charge < -0.3 is 15.8 Å². The Morgan fingerprint density at radius 3 is 2.63 bits per heavy atom. The van der Waals surface area contributed by atoms with Crippen LogP contribution in [0.4, 0.5) is 16.2 Å². The number of nitrogens with one attached hydrogen (secondary N) is 2. The van der Waals surface area contributed by atoms with Crippen molar-refractivity contribution in [1.29, 1.82) is 0 Å². The fourth-order valence-electron chi connectivity index (χ4n) is 2.35. The van der Waals surface area contributed by atoms with E-state index in [4.69, 9.17) is 5.73 Å². The van der Waals surface area contributed by atoms with E-state index >= 15 is 0 Å². The minimum atomic E-state index is -0.458. The number of hydrogen-bond donors (Lipinski definition) is 3. The Kier molecular flexibility index (Phi) is 4.63. The summed E-state index contributed by atoms with van der Waals surface area (Å²) in [5, 5.41) is 6.14. The Balaban J connectivity index is 1.93. The summed E-state index contributed by atoms with van der Waals surface area (Å²) in [4.78, 5) is 11.2. The molecule has 19 heavy (non-hydrogen) atoms. The van der Waals surface area contributed by atoms with Crippen LogP contribution >= 0.6 is 0 Å². The highest BCUT2D eigenvalue weighted by Crippen LogP contribution is 2.22. The van der Waals surface area contributed by atoms with Gasteiger partial charge in [-0.3, -0.25) is 5.32 Å². The second-order valence-corrected chi connectivity index (χ2v) is 4.95. The molecular formula is C14H21N3O2. The summed E-state index contributed by atoms with van der Waals surface area (Å²) in [6.07, 6.45) is 3.86. The zero-order valence-electron chi connectivity index (χ0n) is 11.2. The van der Waals surface area contributed by atoms with E-state index in [9.17, 15) is 4.79 Å². The SMILES string of the molecule is COC(=O)Nc1cccc(NC2CCC(N)CC2)c1. The third kappa shape index (κ3) is 4.13. The van der Waals surface area contributed by atoms with Gasteiger partial charge in [0.05, 0.1) is 7.11 Å². The number of methoxy groups -OCH3 is 1. The van der Waals surface area contributed by atoms with Crippen LogP contribution in [0.25, 0.3) is 0 Å². The van der Waals surface area contributed by atoms with E-state index in [-0.39, 0.29) is 0 Å². The molecule has 0 saturated heterocycles. The molecule has 104 valence electrons. The maximum atomic E-state index is 11.2. The number of ether oxygens (including phenoxy) is 1. The van der Waals surface area contributed by atoms with Crippen molar-refractivity contribution in [3.05, 3.63) is 24.3 Å². The zero-order chi connectivity index (χ0) is 13.7. The largest absolute Gasteiger partial charge is 0.453 e.